The number of nitrogens with one attached hydrogen (secondary N) is 1. The minimum atomic E-state index is -0.466. The van der Waals surface area contributed by atoms with Crippen molar-refractivity contribution in [3.8, 4) is 6.07 Å². The summed E-state index contributed by atoms with van der Waals surface area (Å²) >= 11 is 0. The molecule has 1 N–H and O–H groups in total. The van der Waals surface area contributed by atoms with E-state index in [-0.39, 0.29) is 17.2 Å². The number of benzene rings is 1. The highest BCUT2D eigenvalue weighted by molar-refractivity contribution is 5.78. The number of pyridine rings is 2. The molecule has 0 aliphatic carbocycles. The Hall–Kier alpha value is -3.17. The van der Waals surface area contributed by atoms with Crippen LogP contribution in [0.2, 0.25) is 0 Å². The molecule has 130 valence electrons. The minimum Gasteiger partial charge on any atom is -0.321 e. The molecule has 26 heavy (non-hydrogen) atoms. The first-order valence-electron chi connectivity index (χ1n) is 8.60. The van der Waals surface area contributed by atoms with Crippen LogP contribution in [-0.4, -0.2) is 27.5 Å². The van der Waals surface area contributed by atoms with Gasteiger partial charge in [-0.15, -0.1) is 0 Å². The third-order valence-electron chi connectivity index (χ3n) is 4.95. The number of hydrogen-bond donors (Lipinski definition) is 1. The maximum Gasteiger partial charge on any atom is 0.266 e. The van der Waals surface area contributed by atoms with Gasteiger partial charge >= 0.3 is 0 Å². The van der Waals surface area contributed by atoms with Crippen molar-refractivity contribution in [2.24, 2.45) is 0 Å². The zero-order valence-electron chi connectivity index (χ0n) is 14.2. The Kier molecular flexibility index (Phi) is 4.15. The molecule has 1 atom stereocenters. The van der Waals surface area contributed by atoms with Crippen LogP contribution < -0.4 is 11.1 Å². The number of H-pyrrole nitrogens is 1. The van der Waals surface area contributed by atoms with E-state index in [1.165, 1.54) is 11.6 Å². The molecule has 3 aromatic rings. The fraction of sp³-hybridized carbons (Fsp3) is 0.250. The molecule has 0 unspecified atom stereocenters. The smallest absolute Gasteiger partial charge is 0.266 e. The summed E-state index contributed by atoms with van der Waals surface area (Å²) in [5.41, 5.74) is 1.06. The van der Waals surface area contributed by atoms with Crippen LogP contribution in [0, 0.1) is 11.3 Å². The molecule has 0 radical (unpaired) electrons. The molecule has 0 bridgehead atoms. The van der Waals surface area contributed by atoms with Crippen LogP contribution in [0.5, 0.6) is 0 Å². The van der Waals surface area contributed by atoms with Crippen LogP contribution in [0.25, 0.3) is 10.9 Å². The Morgan fingerprint density at radius 1 is 1.19 bits per heavy atom. The van der Waals surface area contributed by atoms with Crippen molar-refractivity contribution in [1.82, 2.24) is 14.5 Å². The summed E-state index contributed by atoms with van der Waals surface area (Å²) in [6.45, 7) is 2.60. The van der Waals surface area contributed by atoms with Gasteiger partial charge in [-0.2, -0.15) is 5.26 Å². The Bertz CT molecular complexity index is 1110. The normalized spacial score (nSPS) is 17.4. The average Bonchev–Trinajstić information content (AvgIpc) is 3.10. The largest absolute Gasteiger partial charge is 0.321 e. The van der Waals surface area contributed by atoms with Gasteiger partial charge in [0.2, 0.25) is 0 Å². The minimum absolute atomic E-state index is 0.0375. The van der Waals surface area contributed by atoms with Crippen molar-refractivity contribution in [1.29, 1.82) is 5.26 Å². The number of nitriles is 1. The van der Waals surface area contributed by atoms with Crippen LogP contribution in [0.15, 0.2) is 58.3 Å². The van der Waals surface area contributed by atoms with E-state index in [2.05, 4.69) is 22.0 Å². The summed E-state index contributed by atoms with van der Waals surface area (Å²) in [6.07, 6.45) is 2.63. The van der Waals surface area contributed by atoms with E-state index in [1.807, 2.05) is 24.3 Å². The molecule has 1 aliphatic rings. The molecule has 1 aromatic carbocycles. The third-order valence-corrected chi connectivity index (χ3v) is 4.95. The zero-order chi connectivity index (χ0) is 18.1. The Labute approximate surface area is 149 Å². The molecule has 0 saturated carbocycles. The first-order chi connectivity index (χ1) is 12.7. The van der Waals surface area contributed by atoms with Crippen LogP contribution in [0.3, 0.4) is 0 Å². The van der Waals surface area contributed by atoms with Crippen molar-refractivity contribution in [3.05, 3.63) is 80.5 Å². The first-order valence-corrected chi connectivity index (χ1v) is 8.60. The van der Waals surface area contributed by atoms with Gasteiger partial charge in [0.25, 0.3) is 11.1 Å². The molecule has 6 heteroatoms. The second kappa shape index (κ2) is 6.62. The SMILES string of the molecule is N#Cc1cc2c(=O)n([C@@H]3CCN(Cc4ccccc4)C3)ccc2[nH]c1=O. The molecule has 0 spiro atoms. The highest BCUT2D eigenvalue weighted by Crippen LogP contribution is 2.22. The third kappa shape index (κ3) is 2.93. The maximum absolute atomic E-state index is 12.9. The lowest BCUT2D eigenvalue weighted by molar-refractivity contribution is 0.315. The van der Waals surface area contributed by atoms with Gasteiger partial charge in [-0.3, -0.25) is 14.5 Å². The number of aromatic amines is 1. The summed E-state index contributed by atoms with van der Waals surface area (Å²) in [4.78, 5) is 29.6. The van der Waals surface area contributed by atoms with Crippen molar-refractivity contribution >= 4 is 10.9 Å². The summed E-state index contributed by atoms with van der Waals surface area (Å²) in [6, 6.07) is 15.3. The lowest BCUT2D eigenvalue weighted by Crippen LogP contribution is -2.28. The molecule has 1 fully saturated rings. The zero-order valence-corrected chi connectivity index (χ0v) is 14.2. The van der Waals surface area contributed by atoms with E-state index in [9.17, 15) is 9.59 Å². The van der Waals surface area contributed by atoms with Gasteiger partial charge in [0.05, 0.1) is 16.9 Å². The van der Waals surface area contributed by atoms with Gasteiger partial charge in [0.1, 0.15) is 11.6 Å². The lowest BCUT2D eigenvalue weighted by atomic mass is 10.2. The predicted octanol–water partition coefficient (Wildman–Crippen LogP) is 2.01. The van der Waals surface area contributed by atoms with Gasteiger partial charge in [-0.1, -0.05) is 30.3 Å². The molecule has 4 rings (SSSR count). The summed E-state index contributed by atoms with van der Waals surface area (Å²) in [5.74, 6) is 0. The van der Waals surface area contributed by atoms with E-state index in [0.717, 1.165) is 26.1 Å². The fourth-order valence-electron chi connectivity index (χ4n) is 3.61. The predicted molar refractivity (Wildman–Crippen MR) is 98.9 cm³/mol. The standard InChI is InChI=1S/C20H18N4O2/c21-11-15-10-17-18(22-19(15)25)7-9-24(20(17)26)16-6-8-23(13-16)12-14-4-2-1-3-5-14/h1-5,7,9-10,16H,6,8,12-13H2,(H,22,25)/t16-/m1/s1. The molecule has 1 saturated heterocycles. The second-order valence-corrected chi connectivity index (χ2v) is 6.64. The molecule has 6 nitrogen and oxygen atoms in total. The lowest BCUT2D eigenvalue weighted by Gasteiger charge is -2.17. The fourth-order valence-corrected chi connectivity index (χ4v) is 3.61. The van der Waals surface area contributed by atoms with Gasteiger partial charge < -0.3 is 9.55 Å². The number of hydrogen-bond acceptors (Lipinski definition) is 4. The van der Waals surface area contributed by atoms with Crippen molar-refractivity contribution < 1.29 is 0 Å². The van der Waals surface area contributed by atoms with E-state index in [1.54, 1.807) is 16.8 Å². The van der Waals surface area contributed by atoms with E-state index in [0.29, 0.717) is 10.9 Å². The van der Waals surface area contributed by atoms with Crippen molar-refractivity contribution in [3.63, 3.8) is 0 Å². The Morgan fingerprint density at radius 2 is 2.00 bits per heavy atom. The molecular weight excluding hydrogens is 328 g/mol. The number of rotatable bonds is 3. The summed E-state index contributed by atoms with van der Waals surface area (Å²) in [5, 5.41) is 9.42. The Balaban J connectivity index is 1.62. The van der Waals surface area contributed by atoms with Gasteiger partial charge in [-0.05, 0) is 24.1 Å². The van der Waals surface area contributed by atoms with E-state index >= 15 is 0 Å². The molecule has 0 amide bonds. The van der Waals surface area contributed by atoms with Crippen molar-refractivity contribution in [2.75, 3.05) is 13.1 Å². The Morgan fingerprint density at radius 3 is 2.77 bits per heavy atom. The summed E-state index contributed by atoms with van der Waals surface area (Å²) < 4.78 is 1.73. The highest BCUT2D eigenvalue weighted by atomic mass is 16.1. The molecular formula is C20H18N4O2. The van der Waals surface area contributed by atoms with E-state index in [4.69, 9.17) is 5.26 Å². The number of nitrogens with zero attached hydrogens (tertiary/aromatic N) is 3. The topological polar surface area (TPSA) is 81.9 Å². The highest BCUT2D eigenvalue weighted by Gasteiger charge is 2.25. The number of likely N-dealkylation sites (tertiary alicyclic amines) is 1. The average molecular weight is 346 g/mol. The van der Waals surface area contributed by atoms with Gasteiger partial charge in [-0.25, -0.2) is 0 Å². The van der Waals surface area contributed by atoms with Gasteiger partial charge in [0.15, 0.2) is 0 Å². The molecule has 2 aromatic heterocycles. The van der Waals surface area contributed by atoms with Gasteiger partial charge in [0, 0.05) is 25.8 Å². The van der Waals surface area contributed by atoms with Crippen LogP contribution in [-0.2, 0) is 6.54 Å². The van der Waals surface area contributed by atoms with Crippen LogP contribution in [0.1, 0.15) is 23.6 Å². The van der Waals surface area contributed by atoms with Crippen LogP contribution in [0.4, 0.5) is 0 Å². The van der Waals surface area contributed by atoms with Crippen molar-refractivity contribution in [2.45, 2.75) is 19.0 Å². The summed E-state index contributed by atoms with van der Waals surface area (Å²) in [7, 11) is 0. The van der Waals surface area contributed by atoms with E-state index < -0.39 is 5.56 Å². The number of fused-ring (bicyclic) bond motifs is 1. The maximum atomic E-state index is 12.9. The molecule has 3 heterocycles. The monoisotopic (exact) mass is 346 g/mol. The van der Waals surface area contributed by atoms with Crippen LogP contribution >= 0.6 is 0 Å². The first kappa shape index (κ1) is 16.3. The number of aromatic nitrogens is 2. The second-order valence-electron chi connectivity index (χ2n) is 6.64. The quantitative estimate of drug-likeness (QED) is 0.786. The molecule has 1 aliphatic heterocycles.